The molecule has 0 aliphatic heterocycles. The largest absolute Gasteiger partial charge is 0.477 e. The summed E-state index contributed by atoms with van der Waals surface area (Å²) in [4.78, 5) is 37.8. The number of carbonyl (C=O) groups excluding carboxylic acids is 2. The SMILES string of the molecule is CC/C=C\C/C=C\C/C=C\C/C=C\C/C=C\CCCCCCCCCCCCCCCCCCCCCCCCCCCC(=O)OC(COC(=O)CCCCCCCCCCCCCCCCCCCCC/C=C\C/C=C\CCCCCCC)COC(OCC[N+](C)(C)C)C(=O)O. The van der Waals surface area contributed by atoms with E-state index in [1.807, 2.05) is 21.1 Å². The van der Waals surface area contributed by atoms with E-state index < -0.39 is 18.4 Å². The summed E-state index contributed by atoms with van der Waals surface area (Å²) in [7, 11) is 6.00. The Bertz CT molecular complexity index is 1870. The molecule has 0 fully saturated rings. The van der Waals surface area contributed by atoms with Crippen LogP contribution in [0.25, 0.3) is 0 Å². The van der Waals surface area contributed by atoms with E-state index in [1.165, 1.54) is 295 Å². The van der Waals surface area contributed by atoms with Crippen LogP contribution in [0.1, 0.15) is 399 Å². The molecule has 0 aromatic carbocycles. The summed E-state index contributed by atoms with van der Waals surface area (Å²) in [6.45, 7) is 4.82. The van der Waals surface area contributed by atoms with Gasteiger partial charge in [0, 0.05) is 12.8 Å². The number of unbranched alkanes of at least 4 members (excludes halogenated alkanes) is 49. The minimum atomic E-state index is -1.51. The maximum absolute atomic E-state index is 13.0. The molecule has 0 saturated heterocycles. The van der Waals surface area contributed by atoms with Crippen LogP contribution in [0, 0.1) is 0 Å². The fraction of sp³-hybridized carbons (Fsp3) is 0.807. The third-order valence-corrected chi connectivity index (χ3v) is 18.6. The maximum atomic E-state index is 13.0. The zero-order valence-corrected chi connectivity index (χ0v) is 64.7. The molecule has 0 aromatic heterocycles. The van der Waals surface area contributed by atoms with E-state index in [4.69, 9.17) is 18.9 Å². The first-order valence-corrected chi connectivity index (χ1v) is 41.8. The smallest absolute Gasteiger partial charge is 0.361 e. The molecule has 0 aliphatic carbocycles. The monoisotopic (exact) mass is 1360 g/mol. The molecule has 2 atom stereocenters. The fourth-order valence-electron chi connectivity index (χ4n) is 12.3. The molecule has 0 aromatic rings. The summed E-state index contributed by atoms with van der Waals surface area (Å²) < 4.78 is 23.1. The Hall–Kier alpha value is -3.53. The van der Waals surface area contributed by atoms with Crippen LogP contribution in [0.2, 0.25) is 0 Å². The first-order valence-electron chi connectivity index (χ1n) is 41.8. The lowest BCUT2D eigenvalue weighted by molar-refractivity contribution is -0.870. The molecular weight excluding hydrogens is 1200 g/mol. The van der Waals surface area contributed by atoms with Crippen LogP contribution < -0.4 is 0 Å². The molecule has 0 heterocycles. The number of quaternary nitrogens is 1. The van der Waals surface area contributed by atoms with E-state index in [0.717, 1.165) is 77.0 Å². The van der Waals surface area contributed by atoms with Crippen LogP contribution in [0.3, 0.4) is 0 Å². The molecule has 9 heteroatoms. The van der Waals surface area contributed by atoms with Gasteiger partial charge in [-0.2, -0.15) is 0 Å². The normalized spacial score (nSPS) is 13.0. The number of allylic oxidation sites excluding steroid dienone is 14. The van der Waals surface area contributed by atoms with Crippen molar-refractivity contribution < 1.29 is 42.9 Å². The third-order valence-electron chi connectivity index (χ3n) is 18.6. The number of hydrogen-bond acceptors (Lipinski definition) is 7. The Balaban J connectivity index is 3.95. The van der Waals surface area contributed by atoms with Gasteiger partial charge in [0.1, 0.15) is 13.2 Å². The molecule has 1 N–H and O–H groups in total. The molecule has 0 amide bonds. The van der Waals surface area contributed by atoms with E-state index in [1.54, 1.807) is 0 Å². The topological polar surface area (TPSA) is 108 Å². The van der Waals surface area contributed by atoms with Gasteiger partial charge < -0.3 is 28.5 Å². The minimum Gasteiger partial charge on any atom is -0.477 e. The van der Waals surface area contributed by atoms with Gasteiger partial charge in [-0.05, 0) is 89.9 Å². The van der Waals surface area contributed by atoms with Crippen molar-refractivity contribution in [3.63, 3.8) is 0 Å². The van der Waals surface area contributed by atoms with Crippen LogP contribution in [-0.2, 0) is 33.3 Å². The van der Waals surface area contributed by atoms with Crippen LogP contribution >= 0.6 is 0 Å². The van der Waals surface area contributed by atoms with E-state index in [-0.39, 0.29) is 38.2 Å². The third kappa shape index (κ3) is 79.7. The van der Waals surface area contributed by atoms with Crippen LogP contribution in [0.5, 0.6) is 0 Å². The fourth-order valence-corrected chi connectivity index (χ4v) is 12.3. The predicted molar refractivity (Wildman–Crippen MR) is 419 cm³/mol. The summed E-state index contributed by atoms with van der Waals surface area (Å²) >= 11 is 0. The van der Waals surface area contributed by atoms with Gasteiger partial charge >= 0.3 is 17.9 Å². The lowest BCUT2D eigenvalue weighted by Gasteiger charge is -2.25. The van der Waals surface area contributed by atoms with Gasteiger partial charge in [-0.3, -0.25) is 9.59 Å². The highest BCUT2D eigenvalue weighted by molar-refractivity contribution is 5.71. The number of nitrogens with zero attached hydrogens (tertiary/aromatic N) is 1. The number of carboxylic acids is 1. The van der Waals surface area contributed by atoms with Gasteiger partial charge in [0.05, 0.1) is 34.4 Å². The van der Waals surface area contributed by atoms with Gasteiger partial charge in [0.15, 0.2) is 6.10 Å². The first kappa shape index (κ1) is 93.5. The maximum Gasteiger partial charge on any atom is 0.361 e. The Morgan fingerprint density at radius 2 is 0.588 bits per heavy atom. The second-order valence-corrected chi connectivity index (χ2v) is 29.4. The molecular formula is C88H160NO8+. The Kier molecular flexibility index (Phi) is 75.3. The van der Waals surface area contributed by atoms with Crippen molar-refractivity contribution in [2.45, 2.75) is 411 Å². The van der Waals surface area contributed by atoms with Crippen LogP contribution in [0.15, 0.2) is 85.1 Å². The summed E-state index contributed by atoms with van der Waals surface area (Å²) in [5.41, 5.74) is 0. The van der Waals surface area contributed by atoms with E-state index in [9.17, 15) is 19.5 Å². The number of esters is 2. The van der Waals surface area contributed by atoms with Crippen molar-refractivity contribution in [1.82, 2.24) is 0 Å². The molecule has 564 valence electrons. The van der Waals surface area contributed by atoms with Gasteiger partial charge in [-0.1, -0.05) is 381 Å². The highest BCUT2D eigenvalue weighted by Gasteiger charge is 2.25. The van der Waals surface area contributed by atoms with E-state index >= 15 is 0 Å². The van der Waals surface area contributed by atoms with Crippen LogP contribution in [-0.4, -0.2) is 87.4 Å². The Morgan fingerprint density at radius 1 is 0.320 bits per heavy atom. The molecule has 0 spiro atoms. The van der Waals surface area contributed by atoms with E-state index in [0.29, 0.717) is 17.4 Å². The van der Waals surface area contributed by atoms with E-state index in [2.05, 4.69) is 98.9 Å². The van der Waals surface area contributed by atoms with Crippen molar-refractivity contribution in [2.75, 3.05) is 47.5 Å². The molecule has 0 bridgehead atoms. The quantitative estimate of drug-likeness (QED) is 0.0211. The first-order chi connectivity index (χ1) is 47.6. The van der Waals surface area contributed by atoms with Crippen molar-refractivity contribution >= 4 is 17.9 Å². The zero-order chi connectivity index (χ0) is 70.4. The highest BCUT2D eigenvalue weighted by atomic mass is 16.7. The number of ether oxygens (including phenoxy) is 4. The van der Waals surface area contributed by atoms with Gasteiger partial charge in [-0.15, -0.1) is 0 Å². The average Bonchev–Trinajstić information content (AvgIpc) is 3.27. The number of aliphatic carboxylic acids is 1. The lowest BCUT2D eigenvalue weighted by atomic mass is 10.0. The standard InChI is InChI=1S/C88H159NO8/c1-6-8-10-12-14-16-18-20-22-24-26-28-30-32-34-36-38-39-40-41-42-43-44-45-46-47-49-51-53-55-57-59-61-63-65-67-69-71-73-75-77-79-86(91)97-84(83-96-88(87(92)93)94-81-80-89(3,4)5)82-95-85(90)78-76-74-72-70-68-66-64-62-60-58-56-54-52-50-48-37-35-33-31-29-27-25-23-21-19-17-15-13-11-9-7-2/h8,10,14,16,19-22,25-28,32,34,84,88H,6-7,9,11-13,15,17-18,23-24,29-31,33,35-83H2,1-5H3/p+1/b10-8-,16-14-,21-19-,22-20-,27-25-,28-26-,34-32-. The molecule has 2 unspecified atom stereocenters. The summed E-state index contributed by atoms with van der Waals surface area (Å²) in [6.07, 6.45) is 105. The number of carbonyl (C=O) groups is 3. The van der Waals surface area contributed by atoms with Gasteiger partial charge in [0.25, 0.3) is 6.29 Å². The Labute approximate surface area is 601 Å². The number of carboxylic acid groups (broad SMARTS) is 1. The molecule has 0 rings (SSSR count). The second-order valence-electron chi connectivity index (χ2n) is 29.4. The van der Waals surface area contributed by atoms with Crippen molar-refractivity contribution in [3.05, 3.63) is 85.1 Å². The molecule has 9 nitrogen and oxygen atoms in total. The van der Waals surface area contributed by atoms with Gasteiger partial charge in [0.2, 0.25) is 0 Å². The lowest BCUT2D eigenvalue weighted by Crippen LogP contribution is -2.40. The number of hydrogen-bond donors (Lipinski definition) is 1. The van der Waals surface area contributed by atoms with Crippen molar-refractivity contribution in [2.24, 2.45) is 0 Å². The van der Waals surface area contributed by atoms with Gasteiger partial charge in [-0.25, -0.2) is 4.79 Å². The zero-order valence-electron chi connectivity index (χ0n) is 64.7. The Morgan fingerprint density at radius 3 is 0.876 bits per heavy atom. The highest BCUT2D eigenvalue weighted by Crippen LogP contribution is 2.20. The predicted octanol–water partition coefficient (Wildman–Crippen LogP) is 26.9. The van der Waals surface area contributed by atoms with Crippen molar-refractivity contribution in [1.29, 1.82) is 0 Å². The summed E-state index contributed by atoms with van der Waals surface area (Å²) in [6, 6.07) is 0. The average molecular weight is 1360 g/mol. The van der Waals surface area contributed by atoms with Crippen molar-refractivity contribution in [3.8, 4) is 0 Å². The number of likely N-dealkylation sites (N-methyl/N-ethyl adjacent to an activating group) is 1. The number of rotatable bonds is 78. The second kappa shape index (κ2) is 78.2. The van der Waals surface area contributed by atoms with Crippen LogP contribution in [0.4, 0.5) is 0 Å². The molecule has 0 saturated carbocycles. The summed E-state index contributed by atoms with van der Waals surface area (Å²) in [5, 5.41) is 9.78. The minimum absolute atomic E-state index is 0.178. The summed E-state index contributed by atoms with van der Waals surface area (Å²) in [5.74, 6) is -1.98. The molecule has 97 heavy (non-hydrogen) atoms. The molecule has 0 aliphatic rings. The molecule has 0 radical (unpaired) electrons.